The van der Waals surface area contributed by atoms with Crippen LogP contribution in [0, 0.1) is 16.0 Å². The van der Waals surface area contributed by atoms with Crippen molar-refractivity contribution in [1.29, 1.82) is 0 Å². The highest BCUT2D eigenvalue weighted by molar-refractivity contribution is 5.80. The molecule has 0 atom stereocenters. The fourth-order valence-electron chi connectivity index (χ4n) is 2.75. The minimum Gasteiger partial charge on any atom is -0.407 e. The lowest BCUT2D eigenvalue weighted by Crippen LogP contribution is -2.37. The molecule has 0 spiro atoms. The fourth-order valence-corrected chi connectivity index (χ4v) is 2.75. The molecule has 3 rings (SSSR count). The summed E-state index contributed by atoms with van der Waals surface area (Å²) < 4.78 is 6.29. The molecule has 1 heterocycles. The number of rotatable bonds is 7. The Morgan fingerprint density at radius 1 is 1.46 bits per heavy atom. The van der Waals surface area contributed by atoms with Gasteiger partial charge in [-0.3, -0.25) is 19.5 Å². The van der Waals surface area contributed by atoms with Crippen LogP contribution in [0.15, 0.2) is 27.4 Å². The molecule has 0 unspecified atom stereocenters. The zero-order valence-electron chi connectivity index (χ0n) is 13.4. The molecular formula is C16H19N3O5. The van der Waals surface area contributed by atoms with E-state index in [1.54, 1.807) is 4.90 Å². The van der Waals surface area contributed by atoms with E-state index in [0.717, 1.165) is 25.8 Å². The molecule has 1 aromatic carbocycles. The van der Waals surface area contributed by atoms with Crippen LogP contribution < -0.4 is 5.76 Å². The Kier molecular flexibility index (Phi) is 4.37. The maximum Gasteiger partial charge on any atom is 0.420 e. The van der Waals surface area contributed by atoms with E-state index in [9.17, 15) is 19.7 Å². The lowest BCUT2D eigenvalue weighted by molar-refractivity contribution is -0.384. The number of nitrogens with zero attached hydrogens (tertiary/aromatic N) is 3. The maximum atomic E-state index is 12.6. The first-order valence-electron chi connectivity index (χ1n) is 8.05. The van der Waals surface area contributed by atoms with Crippen molar-refractivity contribution in [2.45, 2.75) is 32.7 Å². The van der Waals surface area contributed by atoms with Gasteiger partial charge in [0.15, 0.2) is 5.58 Å². The molecule has 2 aromatic rings. The van der Waals surface area contributed by atoms with E-state index in [1.807, 2.05) is 6.92 Å². The van der Waals surface area contributed by atoms with Crippen molar-refractivity contribution in [1.82, 2.24) is 9.47 Å². The van der Waals surface area contributed by atoms with E-state index in [4.69, 9.17) is 4.42 Å². The van der Waals surface area contributed by atoms with Gasteiger partial charge < -0.3 is 9.32 Å². The van der Waals surface area contributed by atoms with Crippen molar-refractivity contribution in [2.24, 2.45) is 5.92 Å². The van der Waals surface area contributed by atoms with Gasteiger partial charge in [-0.25, -0.2) is 4.79 Å². The van der Waals surface area contributed by atoms with Gasteiger partial charge in [0, 0.05) is 19.2 Å². The second-order valence-corrected chi connectivity index (χ2v) is 6.15. The Hall–Kier alpha value is -2.64. The number of amides is 1. The first-order chi connectivity index (χ1) is 11.5. The highest BCUT2D eigenvalue weighted by Crippen LogP contribution is 2.30. The Balaban J connectivity index is 1.85. The summed E-state index contributed by atoms with van der Waals surface area (Å²) in [5, 5.41) is 10.8. The van der Waals surface area contributed by atoms with Gasteiger partial charge in [0.05, 0.1) is 16.5 Å². The van der Waals surface area contributed by atoms with Crippen LogP contribution in [0.2, 0.25) is 0 Å². The average molecular weight is 333 g/mol. The van der Waals surface area contributed by atoms with Gasteiger partial charge >= 0.3 is 5.76 Å². The van der Waals surface area contributed by atoms with Crippen molar-refractivity contribution >= 4 is 22.7 Å². The number of aromatic nitrogens is 1. The van der Waals surface area contributed by atoms with E-state index in [0.29, 0.717) is 18.0 Å². The van der Waals surface area contributed by atoms with Crippen molar-refractivity contribution in [3.05, 3.63) is 38.9 Å². The van der Waals surface area contributed by atoms with Gasteiger partial charge in [-0.05, 0) is 31.2 Å². The van der Waals surface area contributed by atoms with Crippen LogP contribution in [-0.2, 0) is 11.3 Å². The number of oxazole rings is 1. The third-order valence-electron chi connectivity index (χ3n) is 4.18. The molecule has 1 aromatic heterocycles. The molecule has 1 saturated carbocycles. The summed E-state index contributed by atoms with van der Waals surface area (Å²) >= 11 is 0. The highest BCUT2D eigenvalue weighted by atomic mass is 16.6. The van der Waals surface area contributed by atoms with Gasteiger partial charge in [0.2, 0.25) is 5.91 Å². The first kappa shape index (κ1) is 16.2. The summed E-state index contributed by atoms with van der Waals surface area (Å²) in [7, 11) is 0. The van der Waals surface area contributed by atoms with Crippen LogP contribution in [0.3, 0.4) is 0 Å². The summed E-state index contributed by atoms with van der Waals surface area (Å²) in [6.45, 7) is 3.27. The van der Waals surface area contributed by atoms with E-state index >= 15 is 0 Å². The smallest absolute Gasteiger partial charge is 0.407 e. The lowest BCUT2D eigenvalue weighted by atomic mass is 10.3. The number of carbonyl (C=O) groups excluding carboxylic acids is 1. The molecule has 128 valence electrons. The van der Waals surface area contributed by atoms with Crippen LogP contribution in [0.1, 0.15) is 26.2 Å². The van der Waals surface area contributed by atoms with Crippen LogP contribution in [0.25, 0.3) is 11.1 Å². The Labute approximate surface area is 137 Å². The normalized spacial score (nSPS) is 14.0. The van der Waals surface area contributed by atoms with E-state index < -0.39 is 10.7 Å². The monoisotopic (exact) mass is 333 g/mol. The number of nitro groups is 1. The average Bonchev–Trinajstić information content (AvgIpc) is 3.30. The second kappa shape index (κ2) is 6.46. The topological polar surface area (TPSA) is 98.6 Å². The minimum atomic E-state index is -0.679. The quantitative estimate of drug-likeness (QED) is 0.571. The molecule has 1 amide bonds. The van der Waals surface area contributed by atoms with Crippen molar-refractivity contribution in [3.63, 3.8) is 0 Å². The molecule has 8 nitrogen and oxygen atoms in total. The van der Waals surface area contributed by atoms with Gasteiger partial charge in [-0.2, -0.15) is 0 Å². The van der Waals surface area contributed by atoms with Gasteiger partial charge in [0.1, 0.15) is 6.54 Å². The Morgan fingerprint density at radius 3 is 2.83 bits per heavy atom. The summed E-state index contributed by atoms with van der Waals surface area (Å²) in [4.78, 5) is 36.6. The molecule has 0 N–H and O–H groups in total. The number of hydrogen-bond acceptors (Lipinski definition) is 5. The third kappa shape index (κ3) is 3.32. The van der Waals surface area contributed by atoms with Crippen LogP contribution in [0.5, 0.6) is 0 Å². The molecule has 0 aliphatic heterocycles. The standard InChI is InChI=1S/C16H19N3O5/c1-2-7-17(9-11-3-4-11)15(20)10-18-13-6-5-12(19(22)23)8-14(13)24-16(18)21/h5-6,8,11H,2-4,7,9-10H2,1H3. The van der Waals surface area contributed by atoms with Gasteiger partial charge in [-0.15, -0.1) is 0 Å². The molecule has 8 heteroatoms. The zero-order chi connectivity index (χ0) is 17.3. The third-order valence-corrected chi connectivity index (χ3v) is 4.18. The van der Waals surface area contributed by atoms with Gasteiger partial charge in [-0.1, -0.05) is 6.92 Å². The Morgan fingerprint density at radius 2 is 2.21 bits per heavy atom. The van der Waals surface area contributed by atoms with Crippen LogP contribution >= 0.6 is 0 Å². The van der Waals surface area contributed by atoms with E-state index in [2.05, 4.69) is 0 Å². The summed E-state index contributed by atoms with van der Waals surface area (Å²) in [6, 6.07) is 3.94. The molecule has 24 heavy (non-hydrogen) atoms. The number of nitro benzene ring substituents is 1. The first-order valence-corrected chi connectivity index (χ1v) is 8.05. The molecule has 0 bridgehead atoms. The predicted molar refractivity (Wildman–Crippen MR) is 86.7 cm³/mol. The zero-order valence-corrected chi connectivity index (χ0v) is 13.4. The van der Waals surface area contributed by atoms with E-state index in [1.165, 1.54) is 22.8 Å². The molecular weight excluding hydrogens is 314 g/mol. The van der Waals surface area contributed by atoms with Gasteiger partial charge in [0.25, 0.3) is 5.69 Å². The molecule has 0 radical (unpaired) electrons. The van der Waals surface area contributed by atoms with E-state index in [-0.39, 0.29) is 23.7 Å². The van der Waals surface area contributed by atoms with Crippen LogP contribution in [-0.4, -0.2) is 33.4 Å². The largest absolute Gasteiger partial charge is 0.420 e. The number of hydrogen-bond donors (Lipinski definition) is 0. The van der Waals surface area contributed by atoms with Crippen LogP contribution in [0.4, 0.5) is 5.69 Å². The number of benzene rings is 1. The summed E-state index contributed by atoms with van der Waals surface area (Å²) in [6.07, 6.45) is 3.14. The second-order valence-electron chi connectivity index (χ2n) is 6.15. The summed E-state index contributed by atoms with van der Waals surface area (Å²) in [5.41, 5.74) is 0.351. The molecule has 1 aliphatic carbocycles. The molecule has 0 saturated heterocycles. The number of carbonyl (C=O) groups is 1. The highest BCUT2D eigenvalue weighted by Gasteiger charge is 2.27. The number of fused-ring (bicyclic) bond motifs is 1. The minimum absolute atomic E-state index is 0.115. The predicted octanol–water partition coefficient (Wildman–Crippen LogP) is 2.15. The molecule has 1 fully saturated rings. The van der Waals surface area contributed by atoms with Crippen molar-refractivity contribution in [2.75, 3.05) is 13.1 Å². The lowest BCUT2D eigenvalue weighted by Gasteiger charge is -2.22. The van der Waals surface area contributed by atoms with Crippen molar-refractivity contribution in [3.8, 4) is 0 Å². The summed E-state index contributed by atoms with van der Waals surface area (Å²) in [5.74, 6) is -0.241. The fraction of sp³-hybridized carbons (Fsp3) is 0.500. The SMILES string of the molecule is CCCN(CC1CC1)C(=O)Cn1c(=O)oc2cc([N+](=O)[O-])ccc21. The number of non-ortho nitro benzene ring substituents is 1. The maximum absolute atomic E-state index is 12.6. The molecule has 1 aliphatic rings. The Bertz CT molecular complexity index is 834. The van der Waals surface area contributed by atoms with Crippen molar-refractivity contribution < 1.29 is 14.1 Å².